The highest BCUT2D eigenvalue weighted by Crippen LogP contribution is 2.54. The van der Waals surface area contributed by atoms with Crippen molar-refractivity contribution < 1.29 is 32.1 Å². The predicted molar refractivity (Wildman–Crippen MR) is 99.2 cm³/mol. The van der Waals surface area contributed by atoms with Crippen LogP contribution in [0.5, 0.6) is 23.0 Å². The van der Waals surface area contributed by atoms with Crippen LogP contribution in [0.4, 0.5) is 13.2 Å². The Labute approximate surface area is 165 Å². The van der Waals surface area contributed by atoms with Gasteiger partial charge in [0.15, 0.2) is 29.0 Å². The van der Waals surface area contributed by atoms with E-state index in [2.05, 4.69) is 0 Å². The number of rotatable bonds is 2. The molecule has 0 spiro atoms. The minimum absolute atomic E-state index is 0.0762. The number of hydrogen-bond acceptors (Lipinski definition) is 5. The van der Waals surface area contributed by atoms with Gasteiger partial charge in [-0.1, -0.05) is 6.07 Å². The van der Waals surface area contributed by atoms with Crippen LogP contribution in [0.15, 0.2) is 24.3 Å². The van der Waals surface area contributed by atoms with Gasteiger partial charge in [-0.25, -0.2) is 0 Å². The lowest BCUT2D eigenvalue weighted by Crippen LogP contribution is -2.42. The van der Waals surface area contributed by atoms with E-state index in [1.54, 1.807) is 24.3 Å². The lowest BCUT2D eigenvalue weighted by Gasteiger charge is -2.43. The van der Waals surface area contributed by atoms with Gasteiger partial charge in [0.1, 0.15) is 0 Å². The van der Waals surface area contributed by atoms with Gasteiger partial charge in [0.2, 0.25) is 6.79 Å². The molecule has 0 saturated heterocycles. The number of nitrogens with zero attached hydrogens (tertiary/aromatic N) is 1. The van der Waals surface area contributed by atoms with E-state index < -0.39 is 12.2 Å². The Bertz CT molecular complexity index is 1030. The topological polar surface area (TPSA) is 40.2 Å². The summed E-state index contributed by atoms with van der Waals surface area (Å²) in [6.45, 7) is 0.342. The van der Waals surface area contributed by atoms with Gasteiger partial charge in [-0.2, -0.15) is 13.2 Å². The molecular weight excluding hydrogens is 387 g/mol. The van der Waals surface area contributed by atoms with Crippen molar-refractivity contribution in [1.82, 2.24) is 4.90 Å². The molecular formula is C21H18F3NO4. The van der Waals surface area contributed by atoms with Crippen LogP contribution in [-0.2, 0) is 6.42 Å². The molecule has 0 saturated carbocycles. The third-order valence-corrected chi connectivity index (χ3v) is 5.61. The summed E-state index contributed by atoms with van der Waals surface area (Å²) in [5.74, 6) is 1.57. The van der Waals surface area contributed by atoms with Crippen molar-refractivity contribution in [3.8, 4) is 23.0 Å². The van der Waals surface area contributed by atoms with Crippen molar-refractivity contribution >= 4 is 11.8 Å². The fourth-order valence-corrected chi connectivity index (χ4v) is 4.39. The summed E-state index contributed by atoms with van der Waals surface area (Å²) in [6.07, 6.45) is -2.25. The molecule has 152 valence electrons. The van der Waals surface area contributed by atoms with E-state index in [0.29, 0.717) is 29.2 Å². The van der Waals surface area contributed by atoms with Crippen molar-refractivity contribution in [3.63, 3.8) is 0 Å². The number of methoxy groups -OCH3 is 2. The highest BCUT2D eigenvalue weighted by molar-refractivity contribution is 5.88. The van der Waals surface area contributed by atoms with Gasteiger partial charge in [0, 0.05) is 23.4 Å². The molecule has 1 atom stereocenters. The molecule has 0 amide bonds. The second-order valence-electron chi connectivity index (χ2n) is 7.08. The highest BCUT2D eigenvalue weighted by atomic mass is 19.4. The summed E-state index contributed by atoms with van der Waals surface area (Å²) < 4.78 is 64.5. The molecule has 0 N–H and O–H groups in total. The Morgan fingerprint density at radius 3 is 2.52 bits per heavy atom. The van der Waals surface area contributed by atoms with Gasteiger partial charge in [0.05, 0.1) is 14.2 Å². The Morgan fingerprint density at radius 1 is 1.07 bits per heavy atom. The summed E-state index contributed by atoms with van der Waals surface area (Å²) >= 11 is 0. The van der Waals surface area contributed by atoms with Crippen LogP contribution in [0.25, 0.3) is 11.8 Å². The lowest BCUT2D eigenvalue weighted by molar-refractivity contribution is -0.178. The number of ether oxygens (including phenoxy) is 4. The predicted octanol–water partition coefficient (Wildman–Crippen LogP) is 4.41. The smallest absolute Gasteiger partial charge is 0.413 e. The molecule has 5 rings (SSSR count). The van der Waals surface area contributed by atoms with E-state index >= 15 is 0 Å². The number of halogens is 3. The zero-order valence-electron chi connectivity index (χ0n) is 15.8. The third kappa shape index (κ3) is 2.62. The van der Waals surface area contributed by atoms with Crippen molar-refractivity contribution in [2.45, 2.75) is 18.6 Å². The van der Waals surface area contributed by atoms with Crippen molar-refractivity contribution in [2.75, 3.05) is 27.6 Å². The Morgan fingerprint density at radius 2 is 1.83 bits per heavy atom. The average Bonchev–Trinajstić information content (AvgIpc) is 3.16. The van der Waals surface area contributed by atoms with Gasteiger partial charge >= 0.3 is 6.18 Å². The number of fused-ring (bicyclic) bond motifs is 5. The normalized spacial score (nSPS) is 19.1. The van der Waals surface area contributed by atoms with Crippen LogP contribution in [0.2, 0.25) is 0 Å². The van der Waals surface area contributed by atoms with Crippen LogP contribution >= 0.6 is 0 Å². The Balaban J connectivity index is 1.75. The summed E-state index contributed by atoms with van der Waals surface area (Å²) in [6, 6.07) is 5.07. The van der Waals surface area contributed by atoms with E-state index in [9.17, 15) is 13.2 Å². The summed E-state index contributed by atoms with van der Waals surface area (Å²) in [7, 11) is 2.77. The molecule has 0 aromatic heterocycles. The van der Waals surface area contributed by atoms with Crippen molar-refractivity contribution in [3.05, 3.63) is 46.5 Å². The molecule has 0 unspecified atom stereocenters. The van der Waals surface area contributed by atoms with Crippen LogP contribution in [0.3, 0.4) is 0 Å². The Hall–Kier alpha value is -3.03. The van der Waals surface area contributed by atoms with E-state index in [-0.39, 0.29) is 30.4 Å². The maximum atomic E-state index is 14.3. The maximum absolute atomic E-state index is 14.3. The summed E-state index contributed by atoms with van der Waals surface area (Å²) in [5, 5.41) is 0. The highest BCUT2D eigenvalue weighted by Gasteiger charge is 2.51. The fourth-order valence-electron chi connectivity index (χ4n) is 4.39. The number of benzene rings is 2. The maximum Gasteiger partial charge on any atom is 0.413 e. The fraction of sp³-hybridized carbons (Fsp3) is 0.333. The Kier molecular flexibility index (Phi) is 3.88. The number of alkyl halides is 3. The van der Waals surface area contributed by atoms with E-state index in [1.165, 1.54) is 19.1 Å². The lowest BCUT2D eigenvalue weighted by atomic mass is 9.85. The largest absolute Gasteiger partial charge is 0.493 e. The minimum Gasteiger partial charge on any atom is -0.493 e. The zero-order chi connectivity index (χ0) is 20.3. The summed E-state index contributed by atoms with van der Waals surface area (Å²) in [5.41, 5.74) is 2.73. The average molecular weight is 405 g/mol. The monoisotopic (exact) mass is 405 g/mol. The molecule has 2 aromatic carbocycles. The number of hydrogen-bond donors (Lipinski definition) is 0. The van der Waals surface area contributed by atoms with Gasteiger partial charge < -0.3 is 23.8 Å². The molecule has 8 heteroatoms. The molecule has 5 nitrogen and oxygen atoms in total. The van der Waals surface area contributed by atoms with E-state index in [1.807, 2.05) is 6.07 Å². The molecule has 0 radical (unpaired) electrons. The van der Waals surface area contributed by atoms with Gasteiger partial charge in [0.25, 0.3) is 0 Å². The van der Waals surface area contributed by atoms with E-state index in [0.717, 1.165) is 11.1 Å². The molecule has 2 aromatic rings. The first kappa shape index (κ1) is 18.0. The molecule has 3 heterocycles. The summed E-state index contributed by atoms with van der Waals surface area (Å²) in [4.78, 5) is 1.40. The SMILES string of the molecule is COc1ccc2c(c1OC)[C@@H](C(F)(F)F)N1CCc3cc4c(cc3C1=C2)OCO4. The van der Waals surface area contributed by atoms with Crippen molar-refractivity contribution in [1.29, 1.82) is 0 Å². The first-order chi connectivity index (χ1) is 13.9. The quantitative estimate of drug-likeness (QED) is 0.741. The zero-order valence-corrected chi connectivity index (χ0v) is 15.8. The molecule has 0 fully saturated rings. The first-order valence-electron chi connectivity index (χ1n) is 9.15. The molecule has 0 bridgehead atoms. The molecule has 0 aliphatic carbocycles. The van der Waals surface area contributed by atoms with Crippen LogP contribution in [0.1, 0.15) is 28.3 Å². The van der Waals surface area contributed by atoms with E-state index in [4.69, 9.17) is 18.9 Å². The van der Waals surface area contributed by atoms with Crippen molar-refractivity contribution in [2.24, 2.45) is 0 Å². The van der Waals surface area contributed by atoms with Gasteiger partial charge in [-0.3, -0.25) is 0 Å². The second-order valence-corrected chi connectivity index (χ2v) is 7.08. The van der Waals surface area contributed by atoms with Gasteiger partial charge in [-0.05, 0) is 41.8 Å². The molecule has 3 aliphatic heterocycles. The van der Waals surface area contributed by atoms with Crippen LogP contribution in [0, 0.1) is 0 Å². The standard InChI is InChI=1S/C21H18F3NO4/c1-26-15-4-3-12-7-14-13-9-17-16(28-10-29-17)8-11(13)5-6-25(14)20(21(22,23)24)18(12)19(15)27-2/h3-4,7-9,20H,5-6,10H2,1-2H3/t20-/m0/s1. The van der Waals surface area contributed by atoms with Crippen LogP contribution < -0.4 is 18.9 Å². The minimum atomic E-state index is -4.50. The van der Waals surface area contributed by atoms with Gasteiger partial charge in [-0.15, -0.1) is 0 Å². The van der Waals surface area contributed by atoms with Crippen LogP contribution in [-0.4, -0.2) is 38.6 Å². The first-order valence-corrected chi connectivity index (χ1v) is 9.15. The molecule has 3 aliphatic rings. The molecule has 29 heavy (non-hydrogen) atoms. The third-order valence-electron chi connectivity index (χ3n) is 5.61. The second kappa shape index (κ2) is 6.23.